The zero-order valence-corrected chi connectivity index (χ0v) is 11.0. The maximum absolute atomic E-state index is 13.7. The topological polar surface area (TPSA) is 21.3 Å². The van der Waals surface area contributed by atoms with E-state index in [2.05, 4.69) is 5.32 Å². The molecule has 1 aliphatic heterocycles. The molecule has 1 N–H and O–H groups in total. The lowest BCUT2D eigenvalue weighted by Gasteiger charge is -2.23. The summed E-state index contributed by atoms with van der Waals surface area (Å²) in [5, 5.41) is 3.52. The summed E-state index contributed by atoms with van der Waals surface area (Å²) in [5.41, 5.74) is 1.06. The summed E-state index contributed by atoms with van der Waals surface area (Å²) in [5.74, 6) is 0.114. The van der Waals surface area contributed by atoms with Gasteiger partial charge in [-0.3, -0.25) is 0 Å². The van der Waals surface area contributed by atoms with Gasteiger partial charge in [0, 0.05) is 6.04 Å². The highest BCUT2D eigenvalue weighted by Crippen LogP contribution is 2.20. The number of aryl methyl sites for hydroxylation is 1. The Bertz CT molecular complexity index is 375. The van der Waals surface area contributed by atoms with Gasteiger partial charge in [0.1, 0.15) is 0 Å². The number of ether oxygens (including phenoxy) is 1. The van der Waals surface area contributed by atoms with E-state index in [1.54, 1.807) is 12.1 Å². The monoisotopic (exact) mass is 251 g/mol. The molecule has 18 heavy (non-hydrogen) atoms. The van der Waals surface area contributed by atoms with Crippen molar-refractivity contribution in [2.75, 3.05) is 13.2 Å². The van der Waals surface area contributed by atoms with Gasteiger partial charge in [-0.25, -0.2) is 4.39 Å². The Kier molecular flexibility index (Phi) is 5.00. The Labute approximate surface area is 109 Å². The largest absolute Gasteiger partial charge is 0.491 e. The molecule has 0 radical (unpaired) electrons. The van der Waals surface area contributed by atoms with Gasteiger partial charge in [0.15, 0.2) is 11.6 Å². The van der Waals surface area contributed by atoms with E-state index in [0.29, 0.717) is 18.4 Å². The fraction of sp³-hybridized carbons (Fsp3) is 0.600. The molecule has 0 bridgehead atoms. The number of piperidine rings is 1. The molecular formula is C15H22FNO. The Morgan fingerprint density at radius 1 is 1.39 bits per heavy atom. The van der Waals surface area contributed by atoms with Crippen LogP contribution in [0.5, 0.6) is 5.75 Å². The standard InChI is InChI=1S/C15H22FNO/c1-2-18-15-9-7-12(11-14(15)16)6-8-13-5-3-4-10-17-13/h7,9,11,13,17H,2-6,8,10H2,1H3. The van der Waals surface area contributed by atoms with Crippen molar-refractivity contribution in [3.05, 3.63) is 29.6 Å². The molecule has 1 atom stereocenters. The van der Waals surface area contributed by atoms with Crippen LogP contribution in [0.25, 0.3) is 0 Å². The van der Waals surface area contributed by atoms with E-state index in [0.717, 1.165) is 24.9 Å². The van der Waals surface area contributed by atoms with Gasteiger partial charge in [0.25, 0.3) is 0 Å². The first-order chi connectivity index (χ1) is 8.79. The molecule has 1 heterocycles. The Balaban J connectivity index is 1.87. The second-order valence-corrected chi connectivity index (χ2v) is 4.88. The lowest BCUT2D eigenvalue weighted by atomic mass is 9.98. The summed E-state index contributed by atoms with van der Waals surface area (Å²) in [6, 6.07) is 5.92. The third-order valence-electron chi connectivity index (χ3n) is 3.49. The third-order valence-corrected chi connectivity index (χ3v) is 3.49. The quantitative estimate of drug-likeness (QED) is 0.867. The predicted molar refractivity (Wildman–Crippen MR) is 71.5 cm³/mol. The molecule has 1 unspecified atom stereocenters. The smallest absolute Gasteiger partial charge is 0.165 e. The highest BCUT2D eigenvalue weighted by atomic mass is 19.1. The normalized spacial score (nSPS) is 19.8. The third kappa shape index (κ3) is 3.70. The van der Waals surface area contributed by atoms with E-state index in [-0.39, 0.29) is 5.82 Å². The fourth-order valence-electron chi connectivity index (χ4n) is 2.48. The SMILES string of the molecule is CCOc1ccc(CCC2CCCCN2)cc1F. The van der Waals surface area contributed by atoms with Gasteiger partial charge < -0.3 is 10.1 Å². The number of hydrogen-bond acceptors (Lipinski definition) is 2. The van der Waals surface area contributed by atoms with Gasteiger partial charge >= 0.3 is 0 Å². The minimum atomic E-state index is -0.244. The molecule has 2 rings (SSSR count). The maximum Gasteiger partial charge on any atom is 0.165 e. The molecule has 0 aromatic heterocycles. The van der Waals surface area contributed by atoms with E-state index in [9.17, 15) is 4.39 Å². The number of hydrogen-bond donors (Lipinski definition) is 1. The molecule has 1 aliphatic rings. The lowest BCUT2D eigenvalue weighted by Crippen LogP contribution is -2.34. The van der Waals surface area contributed by atoms with Crippen LogP contribution < -0.4 is 10.1 Å². The van der Waals surface area contributed by atoms with Crippen LogP contribution in [0.4, 0.5) is 4.39 Å². The molecule has 100 valence electrons. The van der Waals surface area contributed by atoms with Crippen LogP contribution in [0, 0.1) is 5.82 Å². The summed E-state index contributed by atoms with van der Waals surface area (Å²) in [7, 11) is 0. The Hall–Kier alpha value is -1.09. The zero-order valence-electron chi connectivity index (χ0n) is 11.0. The molecule has 3 heteroatoms. The number of benzene rings is 1. The van der Waals surface area contributed by atoms with E-state index >= 15 is 0 Å². The van der Waals surface area contributed by atoms with Crippen molar-refractivity contribution in [1.82, 2.24) is 5.32 Å². The van der Waals surface area contributed by atoms with Gasteiger partial charge in [0.2, 0.25) is 0 Å². The fourth-order valence-corrected chi connectivity index (χ4v) is 2.48. The van der Waals surface area contributed by atoms with Crippen LogP contribution >= 0.6 is 0 Å². The maximum atomic E-state index is 13.7. The zero-order chi connectivity index (χ0) is 12.8. The first-order valence-electron chi connectivity index (χ1n) is 6.94. The number of nitrogens with one attached hydrogen (secondary N) is 1. The van der Waals surface area contributed by atoms with Crippen LogP contribution in [0.1, 0.15) is 38.2 Å². The van der Waals surface area contributed by atoms with Crippen molar-refractivity contribution in [3.63, 3.8) is 0 Å². The van der Waals surface area contributed by atoms with Crippen LogP contribution in [0.3, 0.4) is 0 Å². The van der Waals surface area contributed by atoms with Gasteiger partial charge in [-0.2, -0.15) is 0 Å². The Morgan fingerprint density at radius 3 is 2.94 bits per heavy atom. The first kappa shape index (κ1) is 13.3. The van der Waals surface area contributed by atoms with Crippen LogP contribution in [-0.4, -0.2) is 19.2 Å². The van der Waals surface area contributed by atoms with Crippen LogP contribution in [-0.2, 0) is 6.42 Å². The summed E-state index contributed by atoms with van der Waals surface area (Å²) < 4.78 is 18.9. The molecule has 0 saturated carbocycles. The van der Waals surface area contributed by atoms with Gasteiger partial charge in [-0.05, 0) is 56.8 Å². The summed E-state index contributed by atoms with van der Waals surface area (Å²) >= 11 is 0. The molecule has 0 aliphatic carbocycles. The minimum Gasteiger partial charge on any atom is -0.491 e. The number of rotatable bonds is 5. The van der Waals surface area contributed by atoms with Crippen molar-refractivity contribution in [2.45, 2.75) is 45.1 Å². The molecule has 2 nitrogen and oxygen atoms in total. The highest BCUT2D eigenvalue weighted by molar-refractivity contribution is 5.29. The van der Waals surface area contributed by atoms with Gasteiger partial charge in [0.05, 0.1) is 6.61 Å². The second-order valence-electron chi connectivity index (χ2n) is 4.88. The molecule has 1 aromatic carbocycles. The summed E-state index contributed by atoms with van der Waals surface area (Å²) in [6.07, 6.45) is 5.87. The van der Waals surface area contributed by atoms with E-state index in [4.69, 9.17) is 4.74 Å². The van der Waals surface area contributed by atoms with E-state index in [1.165, 1.54) is 19.3 Å². The van der Waals surface area contributed by atoms with Crippen LogP contribution in [0.2, 0.25) is 0 Å². The van der Waals surface area contributed by atoms with Crippen molar-refractivity contribution in [2.24, 2.45) is 0 Å². The van der Waals surface area contributed by atoms with Crippen molar-refractivity contribution < 1.29 is 9.13 Å². The lowest BCUT2D eigenvalue weighted by molar-refractivity contribution is 0.321. The van der Waals surface area contributed by atoms with E-state index in [1.807, 2.05) is 13.0 Å². The van der Waals surface area contributed by atoms with Gasteiger partial charge in [-0.15, -0.1) is 0 Å². The molecule has 1 fully saturated rings. The van der Waals surface area contributed by atoms with Gasteiger partial charge in [-0.1, -0.05) is 12.5 Å². The molecule has 1 aromatic rings. The second kappa shape index (κ2) is 6.74. The number of halogens is 1. The van der Waals surface area contributed by atoms with Crippen LogP contribution in [0.15, 0.2) is 18.2 Å². The molecule has 0 spiro atoms. The average molecular weight is 251 g/mol. The summed E-state index contributed by atoms with van der Waals surface area (Å²) in [6.45, 7) is 3.49. The minimum absolute atomic E-state index is 0.244. The molecular weight excluding hydrogens is 229 g/mol. The van der Waals surface area contributed by atoms with E-state index < -0.39 is 0 Å². The molecule has 1 saturated heterocycles. The summed E-state index contributed by atoms with van der Waals surface area (Å²) in [4.78, 5) is 0. The van der Waals surface area contributed by atoms with Crippen molar-refractivity contribution in [3.8, 4) is 5.75 Å². The first-order valence-corrected chi connectivity index (χ1v) is 6.94. The molecule has 0 amide bonds. The average Bonchev–Trinajstić information content (AvgIpc) is 2.41. The van der Waals surface area contributed by atoms with Crippen molar-refractivity contribution in [1.29, 1.82) is 0 Å². The Morgan fingerprint density at radius 2 is 2.28 bits per heavy atom. The van der Waals surface area contributed by atoms with Crippen molar-refractivity contribution >= 4 is 0 Å². The highest BCUT2D eigenvalue weighted by Gasteiger charge is 2.12. The predicted octanol–water partition coefficient (Wildman–Crippen LogP) is 3.30.